The van der Waals surface area contributed by atoms with Crippen molar-refractivity contribution in [3.05, 3.63) is 0 Å². The molecule has 1 aliphatic heterocycles. The van der Waals surface area contributed by atoms with Gasteiger partial charge in [0.2, 0.25) is 0 Å². The van der Waals surface area contributed by atoms with Crippen molar-refractivity contribution in [1.82, 2.24) is 4.90 Å². The molecule has 0 saturated carbocycles. The molecule has 0 aromatic rings. The SMILES string of the molecule is CC(C)(C)OC(=O)N1CC[C@@H]1C(C)(F)F. The molecule has 1 heterocycles. The first-order chi connectivity index (χ1) is 6.61. The molecule has 0 spiro atoms. The van der Waals surface area contributed by atoms with E-state index in [4.69, 9.17) is 4.74 Å². The number of ether oxygens (including phenoxy) is 1. The lowest BCUT2D eigenvalue weighted by molar-refractivity contribution is -0.108. The first-order valence-electron chi connectivity index (χ1n) is 4.99. The highest BCUT2D eigenvalue weighted by atomic mass is 19.3. The van der Waals surface area contributed by atoms with Gasteiger partial charge in [0.15, 0.2) is 0 Å². The van der Waals surface area contributed by atoms with Gasteiger partial charge in [-0.15, -0.1) is 0 Å². The third kappa shape index (κ3) is 3.04. The molecule has 3 nitrogen and oxygen atoms in total. The van der Waals surface area contributed by atoms with E-state index in [-0.39, 0.29) is 0 Å². The topological polar surface area (TPSA) is 29.5 Å². The molecule has 0 bridgehead atoms. The number of nitrogens with zero attached hydrogens (tertiary/aromatic N) is 1. The number of alkyl halides is 2. The fourth-order valence-corrected chi connectivity index (χ4v) is 1.45. The maximum atomic E-state index is 13.0. The summed E-state index contributed by atoms with van der Waals surface area (Å²) in [5.74, 6) is -2.85. The Hall–Kier alpha value is -0.870. The number of carbonyl (C=O) groups excluding carboxylic acids is 1. The van der Waals surface area contributed by atoms with Gasteiger partial charge in [-0.3, -0.25) is 4.90 Å². The summed E-state index contributed by atoms with van der Waals surface area (Å²) < 4.78 is 30.9. The minimum atomic E-state index is -2.85. The molecule has 1 fully saturated rings. The molecule has 0 aromatic heterocycles. The van der Waals surface area contributed by atoms with Gasteiger partial charge in [-0.2, -0.15) is 0 Å². The van der Waals surface area contributed by atoms with Crippen LogP contribution in [0.15, 0.2) is 0 Å². The van der Waals surface area contributed by atoms with Crippen LogP contribution in [0.4, 0.5) is 13.6 Å². The zero-order valence-electron chi connectivity index (χ0n) is 9.51. The maximum absolute atomic E-state index is 13.0. The van der Waals surface area contributed by atoms with E-state index in [1.807, 2.05) is 0 Å². The van der Waals surface area contributed by atoms with Crippen LogP contribution in [-0.2, 0) is 4.74 Å². The lowest BCUT2D eigenvalue weighted by Gasteiger charge is -2.43. The molecule has 1 atom stereocenters. The molecule has 0 aliphatic carbocycles. The second-order valence-electron chi connectivity index (χ2n) is 4.93. The standard InChI is InChI=1S/C10H17F2NO2/c1-9(2,3)15-8(14)13-6-5-7(13)10(4,11)12/h7H,5-6H2,1-4H3/t7-/m1/s1. The molecular weight excluding hydrogens is 204 g/mol. The Balaban J connectivity index is 2.56. The van der Waals surface area contributed by atoms with Crippen molar-refractivity contribution >= 4 is 6.09 Å². The van der Waals surface area contributed by atoms with Crippen LogP contribution in [0, 0.1) is 0 Å². The molecule has 0 aromatic carbocycles. The largest absolute Gasteiger partial charge is 0.444 e. The summed E-state index contributed by atoms with van der Waals surface area (Å²) in [7, 11) is 0. The Bertz CT molecular complexity index is 255. The number of amides is 1. The average Bonchev–Trinajstić information content (AvgIpc) is 1.72. The fraction of sp³-hybridized carbons (Fsp3) is 0.900. The van der Waals surface area contributed by atoms with Crippen LogP contribution in [0.5, 0.6) is 0 Å². The van der Waals surface area contributed by atoms with E-state index in [1.165, 1.54) is 0 Å². The van der Waals surface area contributed by atoms with Crippen molar-refractivity contribution in [2.24, 2.45) is 0 Å². The Morgan fingerprint density at radius 1 is 1.33 bits per heavy atom. The fourth-order valence-electron chi connectivity index (χ4n) is 1.45. The zero-order chi connectivity index (χ0) is 11.9. The summed E-state index contributed by atoms with van der Waals surface area (Å²) >= 11 is 0. The molecule has 5 heteroatoms. The second-order valence-corrected chi connectivity index (χ2v) is 4.93. The Kier molecular flexibility index (Phi) is 2.94. The van der Waals surface area contributed by atoms with Crippen LogP contribution in [0.25, 0.3) is 0 Å². The molecule has 0 unspecified atom stereocenters. The van der Waals surface area contributed by atoms with Gasteiger partial charge < -0.3 is 4.74 Å². The summed E-state index contributed by atoms with van der Waals surface area (Å²) in [4.78, 5) is 12.6. The number of halogens is 2. The molecule has 0 radical (unpaired) electrons. The van der Waals surface area contributed by atoms with E-state index in [9.17, 15) is 13.6 Å². The molecule has 88 valence electrons. The predicted molar refractivity (Wildman–Crippen MR) is 52.0 cm³/mol. The van der Waals surface area contributed by atoms with Gasteiger partial charge in [0.05, 0.1) is 6.04 Å². The summed E-state index contributed by atoms with van der Waals surface area (Å²) in [6.45, 7) is 6.31. The maximum Gasteiger partial charge on any atom is 0.410 e. The Morgan fingerprint density at radius 2 is 1.87 bits per heavy atom. The highest BCUT2D eigenvalue weighted by molar-refractivity contribution is 5.69. The van der Waals surface area contributed by atoms with Gasteiger partial charge in [0.25, 0.3) is 5.92 Å². The second kappa shape index (κ2) is 3.61. The summed E-state index contributed by atoms with van der Waals surface area (Å²) in [6, 6.07) is -1.01. The molecular formula is C10H17F2NO2. The first kappa shape index (κ1) is 12.2. The number of likely N-dealkylation sites (tertiary alicyclic amines) is 1. The minimum Gasteiger partial charge on any atom is -0.444 e. The van der Waals surface area contributed by atoms with Crippen molar-refractivity contribution in [3.8, 4) is 0 Å². The molecule has 15 heavy (non-hydrogen) atoms. The van der Waals surface area contributed by atoms with Crippen molar-refractivity contribution in [3.63, 3.8) is 0 Å². The van der Waals surface area contributed by atoms with Crippen LogP contribution < -0.4 is 0 Å². The molecule has 1 amide bonds. The first-order valence-corrected chi connectivity index (χ1v) is 4.99. The van der Waals surface area contributed by atoms with E-state index >= 15 is 0 Å². The molecule has 1 saturated heterocycles. The van der Waals surface area contributed by atoms with E-state index in [0.717, 1.165) is 11.8 Å². The van der Waals surface area contributed by atoms with Crippen LogP contribution >= 0.6 is 0 Å². The lowest BCUT2D eigenvalue weighted by atomic mass is 9.98. The minimum absolute atomic E-state index is 0.336. The third-order valence-electron chi connectivity index (χ3n) is 2.23. The van der Waals surface area contributed by atoms with Crippen LogP contribution in [0.1, 0.15) is 34.1 Å². The molecule has 0 N–H and O–H groups in total. The van der Waals surface area contributed by atoms with Crippen molar-refractivity contribution in [1.29, 1.82) is 0 Å². The van der Waals surface area contributed by atoms with Crippen molar-refractivity contribution in [2.45, 2.75) is 51.7 Å². The van der Waals surface area contributed by atoms with Crippen molar-refractivity contribution < 1.29 is 18.3 Å². The monoisotopic (exact) mass is 221 g/mol. The van der Waals surface area contributed by atoms with E-state index in [2.05, 4.69) is 0 Å². The lowest BCUT2D eigenvalue weighted by Crippen LogP contribution is -2.59. The predicted octanol–water partition coefficient (Wildman–Crippen LogP) is 2.65. The van der Waals surface area contributed by atoms with Crippen LogP contribution in [0.2, 0.25) is 0 Å². The molecule has 1 aliphatic rings. The van der Waals surface area contributed by atoms with E-state index < -0.39 is 23.7 Å². The van der Waals surface area contributed by atoms with Gasteiger partial charge in [0.1, 0.15) is 5.60 Å². The average molecular weight is 221 g/mol. The highest BCUT2D eigenvalue weighted by Gasteiger charge is 2.47. The van der Waals surface area contributed by atoms with Crippen molar-refractivity contribution in [2.75, 3.05) is 6.54 Å². The highest BCUT2D eigenvalue weighted by Crippen LogP contribution is 2.32. The van der Waals surface area contributed by atoms with Crippen LogP contribution in [-0.4, -0.2) is 35.1 Å². The van der Waals surface area contributed by atoms with Gasteiger partial charge in [-0.1, -0.05) is 0 Å². The summed E-state index contributed by atoms with van der Waals surface area (Å²) in [5, 5.41) is 0. The van der Waals surface area contributed by atoms with Gasteiger partial charge in [-0.05, 0) is 27.2 Å². The van der Waals surface area contributed by atoms with Gasteiger partial charge >= 0.3 is 6.09 Å². The Morgan fingerprint density at radius 3 is 2.13 bits per heavy atom. The van der Waals surface area contributed by atoms with Gasteiger partial charge in [-0.25, -0.2) is 13.6 Å². The molecule has 1 rings (SSSR count). The normalized spacial score (nSPS) is 22.3. The third-order valence-corrected chi connectivity index (χ3v) is 2.23. The number of carbonyl (C=O) groups is 1. The van der Waals surface area contributed by atoms with E-state index in [1.54, 1.807) is 20.8 Å². The quantitative estimate of drug-likeness (QED) is 0.681. The van der Waals surface area contributed by atoms with Gasteiger partial charge in [0, 0.05) is 13.5 Å². The number of rotatable bonds is 1. The van der Waals surface area contributed by atoms with E-state index in [0.29, 0.717) is 13.0 Å². The zero-order valence-corrected chi connectivity index (χ0v) is 9.51. The smallest absolute Gasteiger partial charge is 0.410 e. The number of hydrogen-bond donors (Lipinski definition) is 0. The summed E-state index contributed by atoms with van der Waals surface area (Å²) in [5.41, 5.74) is -0.639. The Labute approximate surface area is 88.4 Å². The van der Waals surface area contributed by atoms with Crippen LogP contribution in [0.3, 0.4) is 0 Å². The summed E-state index contributed by atoms with van der Waals surface area (Å²) in [6.07, 6.45) is -0.316. The number of hydrogen-bond acceptors (Lipinski definition) is 2.